The van der Waals surface area contributed by atoms with Crippen molar-refractivity contribution in [2.24, 2.45) is 0 Å². The molecule has 8 nitrogen and oxygen atoms in total. The lowest BCUT2D eigenvalue weighted by atomic mass is 9.94. The quantitative estimate of drug-likeness (QED) is 0.406. The second-order valence-corrected chi connectivity index (χ2v) is 6.33. The van der Waals surface area contributed by atoms with Crippen molar-refractivity contribution in [2.45, 2.75) is 46.6 Å². The summed E-state index contributed by atoms with van der Waals surface area (Å²) >= 11 is 0. The van der Waals surface area contributed by atoms with Crippen molar-refractivity contribution in [3.8, 4) is 11.5 Å². The van der Waals surface area contributed by atoms with Crippen LogP contribution in [0.4, 0.5) is 4.79 Å². The monoisotopic (exact) mass is 392 g/mol. The van der Waals surface area contributed by atoms with Crippen LogP contribution in [0.2, 0.25) is 0 Å². The lowest BCUT2D eigenvalue weighted by Gasteiger charge is -2.18. The first-order valence-corrected chi connectivity index (χ1v) is 8.91. The summed E-state index contributed by atoms with van der Waals surface area (Å²) in [5.74, 6) is -0.917. The van der Waals surface area contributed by atoms with Crippen molar-refractivity contribution in [1.29, 1.82) is 0 Å². The molecule has 0 aromatic heterocycles. The smallest absolute Gasteiger partial charge is 0.496 e. The summed E-state index contributed by atoms with van der Waals surface area (Å²) in [7, 11) is 1.49. The van der Waals surface area contributed by atoms with Gasteiger partial charge in [0.1, 0.15) is 17.9 Å². The van der Waals surface area contributed by atoms with Crippen LogP contribution in [-0.4, -0.2) is 36.9 Å². The molecule has 1 aromatic rings. The normalized spacial score (nSPS) is 13.0. The van der Waals surface area contributed by atoms with Crippen LogP contribution in [0.3, 0.4) is 0 Å². The molecule has 152 valence electrons. The van der Waals surface area contributed by atoms with Crippen LogP contribution in [0.1, 0.15) is 53.7 Å². The molecule has 1 aliphatic rings. The van der Waals surface area contributed by atoms with Gasteiger partial charge in [0.05, 0.1) is 13.7 Å². The predicted molar refractivity (Wildman–Crippen MR) is 98.8 cm³/mol. The fourth-order valence-electron chi connectivity index (χ4n) is 3.04. The molecule has 1 N–H and O–H groups in total. The Morgan fingerprint density at radius 3 is 2.57 bits per heavy atom. The zero-order valence-corrected chi connectivity index (χ0v) is 16.4. The lowest BCUT2D eigenvalue weighted by Crippen LogP contribution is -2.15. The highest BCUT2D eigenvalue weighted by molar-refractivity contribution is 5.98. The molecule has 1 heterocycles. The van der Waals surface area contributed by atoms with Crippen molar-refractivity contribution < 1.29 is 38.4 Å². The Hall–Kier alpha value is -3.03. The topological polar surface area (TPSA) is 108 Å². The van der Waals surface area contributed by atoms with Gasteiger partial charge in [-0.25, -0.2) is 9.59 Å². The van der Waals surface area contributed by atoms with Gasteiger partial charge in [-0.15, -0.1) is 0 Å². The van der Waals surface area contributed by atoms with E-state index in [2.05, 4.69) is 0 Å². The summed E-state index contributed by atoms with van der Waals surface area (Å²) in [4.78, 5) is 35.0. The van der Waals surface area contributed by atoms with Gasteiger partial charge in [-0.2, -0.15) is 0 Å². The molecule has 0 saturated heterocycles. The molecule has 0 atom stereocenters. The molecule has 0 radical (unpaired) electrons. The molecule has 1 aliphatic heterocycles. The van der Waals surface area contributed by atoms with Crippen LogP contribution < -0.4 is 9.47 Å². The third-order valence-corrected chi connectivity index (χ3v) is 4.46. The molecule has 0 saturated carbocycles. The number of aliphatic carboxylic acids is 1. The van der Waals surface area contributed by atoms with Gasteiger partial charge in [-0.1, -0.05) is 11.6 Å². The maximum atomic E-state index is 12.3. The summed E-state index contributed by atoms with van der Waals surface area (Å²) in [5, 5.41) is 8.82. The van der Waals surface area contributed by atoms with E-state index < -0.39 is 18.1 Å². The van der Waals surface area contributed by atoms with Crippen LogP contribution in [0.5, 0.6) is 11.5 Å². The zero-order valence-electron chi connectivity index (χ0n) is 16.4. The Kier molecular flexibility index (Phi) is 7.03. The lowest BCUT2D eigenvalue weighted by molar-refractivity contribution is -0.136. The molecule has 0 unspecified atom stereocenters. The SMILES string of the molecule is CCOC(=O)Oc1c(C/C=C(\C)CCC(=O)O)c(OC)c(C)c2c1C(=O)OC2. The molecule has 2 rings (SSSR count). The number of benzene rings is 1. The maximum Gasteiger partial charge on any atom is 0.513 e. The van der Waals surface area contributed by atoms with Crippen LogP contribution >= 0.6 is 0 Å². The third kappa shape index (κ3) is 4.62. The molecule has 8 heteroatoms. The van der Waals surface area contributed by atoms with Gasteiger partial charge >= 0.3 is 18.1 Å². The van der Waals surface area contributed by atoms with Crippen molar-refractivity contribution in [3.05, 3.63) is 33.9 Å². The molecule has 28 heavy (non-hydrogen) atoms. The molecule has 0 spiro atoms. The second-order valence-electron chi connectivity index (χ2n) is 6.33. The number of rotatable bonds is 8. The van der Waals surface area contributed by atoms with E-state index in [1.54, 1.807) is 13.8 Å². The Morgan fingerprint density at radius 1 is 1.25 bits per heavy atom. The van der Waals surface area contributed by atoms with Crippen LogP contribution in [0.25, 0.3) is 0 Å². The summed E-state index contributed by atoms with van der Waals surface area (Å²) in [6.07, 6.45) is 1.58. The van der Waals surface area contributed by atoms with Gasteiger partial charge < -0.3 is 24.1 Å². The molecule has 1 aromatic carbocycles. The van der Waals surface area contributed by atoms with E-state index in [1.807, 2.05) is 13.0 Å². The number of cyclic esters (lactones) is 1. The third-order valence-electron chi connectivity index (χ3n) is 4.46. The van der Waals surface area contributed by atoms with E-state index >= 15 is 0 Å². The predicted octanol–water partition coefficient (Wildman–Crippen LogP) is 3.56. The number of allylic oxidation sites excluding steroid dienone is 2. The first kappa shape index (κ1) is 21.3. The van der Waals surface area contributed by atoms with Gasteiger partial charge in [0.2, 0.25) is 0 Å². The van der Waals surface area contributed by atoms with Gasteiger partial charge in [0.25, 0.3) is 0 Å². The molecule has 0 aliphatic carbocycles. The molecular formula is C20H24O8. The minimum atomic E-state index is -0.928. The highest BCUT2D eigenvalue weighted by Gasteiger charge is 2.34. The van der Waals surface area contributed by atoms with E-state index in [-0.39, 0.29) is 37.4 Å². The second kappa shape index (κ2) is 9.25. The number of carboxylic acids is 1. The van der Waals surface area contributed by atoms with Gasteiger partial charge in [0.15, 0.2) is 5.75 Å². The first-order valence-electron chi connectivity index (χ1n) is 8.91. The fourth-order valence-corrected chi connectivity index (χ4v) is 3.04. The Morgan fingerprint density at radius 2 is 1.96 bits per heavy atom. The molecular weight excluding hydrogens is 368 g/mol. The fraction of sp³-hybridized carbons (Fsp3) is 0.450. The van der Waals surface area contributed by atoms with Crippen molar-refractivity contribution >= 4 is 18.1 Å². The number of carbonyl (C=O) groups is 3. The molecule has 0 amide bonds. The maximum absolute atomic E-state index is 12.3. The number of esters is 1. The highest BCUT2D eigenvalue weighted by atomic mass is 16.7. The number of hydrogen-bond acceptors (Lipinski definition) is 7. The molecule has 0 fully saturated rings. The summed E-state index contributed by atoms with van der Waals surface area (Å²) in [6, 6.07) is 0. The number of hydrogen-bond donors (Lipinski definition) is 1. The Labute approximate surface area is 163 Å². The van der Waals surface area contributed by atoms with Crippen molar-refractivity contribution in [3.63, 3.8) is 0 Å². The average Bonchev–Trinajstić information content (AvgIpc) is 3.03. The van der Waals surface area contributed by atoms with Crippen molar-refractivity contribution in [2.75, 3.05) is 13.7 Å². The largest absolute Gasteiger partial charge is 0.513 e. The van der Waals surface area contributed by atoms with E-state index in [0.29, 0.717) is 23.3 Å². The Balaban J connectivity index is 2.51. The minimum Gasteiger partial charge on any atom is -0.496 e. The Bertz CT molecular complexity index is 822. The van der Waals surface area contributed by atoms with E-state index in [9.17, 15) is 14.4 Å². The number of fused-ring (bicyclic) bond motifs is 1. The highest BCUT2D eigenvalue weighted by Crippen LogP contribution is 2.43. The number of carbonyl (C=O) groups excluding carboxylic acids is 2. The van der Waals surface area contributed by atoms with E-state index in [4.69, 9.17) is 24.1 Å². The number of methoxy groups -OCH3 is 1. The van der Waals surface area contributed by atoms with Crippen LogP contribution in [-0.2, 0) is 27.3 Å². The van der Waals surface area contributed by atoms with Crippen LogP contribution in [0.15, 0.2) is 11.6 Å². The minimum absolute atomic E-state index is 0.0151. The van der Waals surface area contributed by atoms with Crippen LogP contribution in [0, 0.1) is 6.92 Å². The average molecular weight is 392 g/mol. The zero-order chi connectivity index (χ0) is 20.8. The standard InChI is InChI=1S/C20H24O8/c1-5-26-20(24)28-18-13(8-6-11(2)7-9-15(21)22)17(25-4)12(3)14-10-27-19(23)16(14)18/h6H,5,7-10H2,1-4H3,(H,21,22)/b11-6+. The first-order chi connectivity index (χ1) is 13.3. The van der Waals surface area contributed by atoms with E-state index in [0.717, 1.165) is 11.1 Å². The summed E-state index contributed by atoms with van der Waals surface area (Å²) < 4.78 is 20.9. The van der Waals surface area contributed by atoms with Crippen molar-refractivity contribution in [1.82, 2.24) is 0 Å². The van der Waals surface area contributed by atoms with Gasteiger partial charge in [0, 0.05) is 17.5 Å². The number of ether oxygens (including phenoxy) is 4. The van der Waals surface area contributed by atoms with Gasteiger partial charge in [-0.05, 0) is 39.2 Å². The summed E-state index contributed by atoms with van der Waals surface area (Å²) in [5.41, 5.74) is 2.88. The summed E-state index contributed by atoms with van der Waals surface area (Å²) in [6.45, 7) is 5.46. The van der Waals surface area contributed by atoms with Gasteiger partial charge in [-0.3, -0.25) is 4.79 Å². The molecule has 0 bridgehead atoms. The van der Waals surface area contributed by atoms with E-state index in [1.165, 1.54) is 7.11 Å². The number of carboxylic acid groups (broad SMARTS) is 1.